The number of nitrogens with two attached hydrogens (primary N) is 1. The number of aromatic hydroxyl groups is 1. The molecule has 1 aromatic carbocycles. The van der Waals surface area contributed by atoms with Crippen molar-refractivity contribution in [1.82, 2.24) is 63.8 Å². The Kier molecular flexibility index (Phi) is 44.3. The van der Waals surface area contributed by atoms with Crippen LogP contribution in [0.25, 0.3) is 0 Å². The zero-order valence-corrected chi connectivity index (χ0v) is 68.9. The molecular weight excluding hydrogens is 1530 g/mol. The van der Waals surface area contributed by atoms with Gasteiger partial charge in [-0.3, -0.25) is 66.8 Å². The van der Waals surface area contributed by atoms with Crippen LogP contribution in [0, 0.1) is 41.9 Å². The van der Waals surface area contributed by atoms with Gasteiger partial charge < -0.3 is 100 Å². The predicted molar refractivity (Wildman–Crippen MR) is 431 cm³/mol. The molecule has 2 aliphatic rings. The summed E-state index contributed by atoms with van der Waals surface area (Å²) >= 11 is 2.69. The maximum absolute atomic E-state index is 14.9. The van der Waals surface area contributed by atoms with Gasteiger partial charge in [0.15, 0.2) is 6.04 Å². The molecule has 115 heavy (non-hydrogen) atoms. The second-order valence-corrected chi connectivity index (χ2v) is 31.7. The number of likely N-dealkylation sites (tertiary alicyclic amines) is 1. The average molecular weight is 1660 g/mol. The SMILES string of the molecule is C#CCC(C)CC(C)C(=O)NCCCCC(NC(=O)C(C=CO)NC(=O)C(CCSC)NC(=O)C(CCSC)NC(=O)C1CCC[N+]1(C)C(=O)C(NC(=O)C(CC)NC(=O)C(CC(=O)O)NC(=O)C(C)CCCNC(=O)C(Cc1ccc(O)cc1)NC(=O)C(C)NC(=O)C(CO)NC(=O)C(N)CC1C=CC(O)=CC1)C(C)C)C(=O)O. The first kappa shape index (κ1) is 99.4. The number of aliphatic carboxylic acids is 2. The molecule has 20 N–H and O–H groups in total. The number of benzene rings is 1. The van der Waals surface area contributed by atoms with Crippen LogP contribution in [0.4, 0.5) is 0 Å². The first-order valence-corrected chi connectivity index (χ1v) is 41.5. The van der Waals surface area contributed by atoms with Crippen molar-refractivity contribution in [2.45, 2.75) is 224 Å². The minimum absolute atomic E-state index is 0.0145. The highest BCUT2D eigenvalue weighted by molar-refractivity contribution is 7.98. The normalized spacial score (nSPS) is 18.8. The maximum atomic E-state index is 14.9. The Bertz CT molecular complexity index is 3620. The molecule has 0 radical (unpaired) electrons. The summed E-state index contributed by atoms with van der Waals surface area (Å²) < 4.78 is -0.536. The number of allylic oxidation sites excluding steroid dienone is 3. The van der Waals surface area contributed by atoms with Crippen molar-refractivity contribution >= 4 is 112 Å². The van der Waals surface area contributed by atoms with Gasteiger partial charge in [0.05, 0.1) is 38.9 Å². The van der Waals surface area contributed by atoms with E-state index < -0.39 is 185 Å². The van der Waals surface area contributed by atoms with Gasteiger partial charge in [-0.05, 0) is 155 Å². The number of hydrogen-bond donors (Lipinski definition) is 19. The average Bonchev–Trinajstić information content (AvgIpc) is 1.66. The molecule has 35 nitrogen and oxygen atoms in total. The molecule has 17 unspecified atom stereocenters. The number of unbranched alkanes of at least 4 members (excludes halogenated alkanes) is 1. The lowest BCUT2D eigenvalue weighted by atomic mass is 9.93. The Morgan fingerprint density at radius 2 is 1.19 bits per heavy atom. The summed E-state index contributed by atoms with van der Waals surface area (Å²) in [5.41, 5.74) is 6.59. The van der Waals surface area contributed by atoms with E-state index in [0.29, 0.717) is 55.4 Å². The fourth-order valence-corrected chi connectivity index (χ4v) is 13.9. The predicted octanol–water partition coefficient (Wildman–Crippen LogP) is 0.374. The fraction of sp³-hybridized carbons (Fsp3) is 0.628. The van der Waals surface area contributed by atoms with Crippen molar-refractivity contribution in [3.05, 3.63) is 66.2 Å². The van der Waals surface area contributed by atoms with Crippen molar-refractivity contribution in [2.75, 3.05) is 57.3 Å². The number of nitrogens with one attached hydrogen (secondary N) is 12. The Balaban J connectivity index is 1.67. The second kappa shape index (κ2) is 51.2. The molecule has 0 bridgehead atoms. The molecule has 0 aromatic heterocycles. The molecule has 13 amide bonds. The van der Waals surface area contributed by atoms with Crippen LogP contribution in [-0.4, -0.2) is 254 Å². The minimum atomic E-state index is -1.72. The number of rotatable bonds is 52. The summed E-state index contributed by atoms with van der Waals surface area (Å²) in [6, 6.07) is -10.6. The first-order valence-electron chi connectivity index (χ1n) is 38.8. The van der Waals surface area contributed by atoms with E-state index in [0.717, 1.165) is 6.08 Å². The van der Waals surface area contributed by atoms with Gasteiger partial charge in [-0.25, -0.2) is 9.59 Å². The van der Waals surface area contributed by atoms with E-state index >= 15 is 0 Å². The van der Waals surface area contributed by atoms with Gasteiger partial charge in [-0.1, -0.05) is 59.8 Å². The Hall–Kier alpha value is -9.77. The van der Waals surface area contributed by atoms with E-state index in [9.17, 15) is 103 Å². The van der Waals surface area contributed by atoms with Gasteiger partial charge in [0, 0.05) is 50.6 Å². The molecule has 1 aliphatic carbocycles. The lowest BCUT2D eigenvalue weighted by Crippen LogP contribution is -2.66. The summed E-state index contributed by atoms with van der Waals surface area (Å²) in [6.07, 6.45) is 17.1. The van der Waals surface area contributed by atoms with Gasteiger partial charge in [0.2, 0.25) is 65.0 Å². The molecule has 640 valence electrons. The molecule has 0 spiro atoms. The van der Waals surface area contributed by atoms with E-state index in [2.05, 4.69) is 69.7 Å². The highest BCUT2D eigenvalue weighted by Gasteiger charge is 2.53. The maximum Gasteiger partial charge on any atom is 0.336 e. The van der Waals surface area contributed by atoms with Crippen LogP contribution < -0.4 is 69.5 Å². The molecule has 1 fully saturated rings. The van der Waals surface area contributed by atoms with E-state index in [1.54, 1.807) is 45.4 Å². The van der Waals surface area contributed by atoms with Crippen molar-refractivity contribution in [3.8, 4) is 18.1 Å². The van der Waals surface area contributed by atoms with Crippen LogP contribution in [0.15, 0.2) is 60.6 Å². The van der Waals surface area contributed by atoms with Gasteiger partial charge in [0.1, 0.15) is 71.9 Å². The van der Waals surface area contributed by atoms with Crippen LogP contribution in [-0.2, 0) is 78.3 Å². The summed E-state index contributed by atoms with van der Waals surface area (Å²) in [4.78, 5) is 204. The minimum Gasteiger partial charge on any atom is -0.516 e. The second-order valence-electron chi connectivity index (χ2n) is 29.8. The standard InChI is InChI=1S/C78H120N14O21S2/c1-12-18-45(5)39-47(7)65(99)80-33-15-14-20-58(78(112)113)87-71(105)55(30-36-93)84-72(106)56(31-37-114-10)85-73(107)57(32-38-115-11)86-76(110)62-21-17-35-92(62,9)77(111)64(44(3)4)91-70(104)54(13-2)83-74(108)60(42-63(97)98)88-66(100)46(6)19-16-34-81-69(103)59(41-50-24-28-52(96)29-25-50)89-67(101)48(8)82-75(109)61(43-94)90-68(102)53(79)40-49-22-26-51(95)27-23-49/h1,22,24-30,36,44-49,53-62,64,94H,13-21,23,31-35,37-43,79H2,2-11H3,(H16-,80,81,82,83,84,85,86,87,88,89,90,91,93,95,96,97,98,99,100,101,102,103,104,105,106,107,108,109,110,112,113)/p+1. The van der Waals surface area contributed by atoms with Gasteiger partial charge in [-0.15, -0.1) is 12.3 Å². The number of carbonyl (C=O) groups is 15. The van der Waals surface area contributed by atoms with Crippen molar-refractivity contribution in [1.29, 1.82) is 0 Å². The molecule has 37 heteroatoms. The Morgan fingerprint density at radius 1 is 0.626 bits per heavy atom. The number of terminal acetylenes is 1. The largest absolute Gasteiger partial charge is 0.516 e. The number of carbonyl (C=O) groups excluding carboxylic acids is 13. The van der Waals surface area contributed by atoms with Gasteiger partial charge in [0.25, 0.3) is 5.91 Å². The lowest BCUT2D eigenvalue weighted by Gasteiger charge is -2.37. The summed E-state index contributed by atoms with van der Waals surface area (Å²) in [5.74, 6) is -11.5. The van der Waals surface area contributed by atoms with E-state index in [1.807, 2.05) is 6.92 Å². The number of aliphatic hydroxyl groups is 3. The topological polar surface area (TPSA) is 548 Å². The number of amides is 13. The van der Waals surface area contributed by atoms with E-state index in [-0.39, 0.29) is 119 Å². The number of carboxylic acids is 2. The number of phenols is 1. The third kappa shape index (κ3) is 34.3. The summed E-state index contributed by atoms with van der Waals surface area (Å²) in [6.45, 7) is 10.8. The molecule has 0 saturated carbocycles. The highest BCUT2D eigenvalue weighted by Crippen LogP contribution is 2.29. The number of hydrogen-bond acceptors (Lipinski definition) is 22. The monoisotopic (exact) mass is 1650 g/mol. The molecule has 1 aromatic rings. The number of likely N-dealkylation sites (N-methyl/N-ethyl adjacent to an activating group) is 1. The van der Waals surface area contributed by atoms with Crippen LogP contribution in [0.2, 0.25) is 0 Å². The number of quaternary nitrogens is 1. The zero-order chi connectivity index (χ0) is 86.2. The van der Waals surface area contributed by atoms with Crippen LogP contribution in [0.1, 0.15) is 150 Å². The molecule has 17 atom stereocenters. The third-order valence-electron chi connectivity index (χ3n) is 19.9. The van der Waals surface area contributed by atoms with Gasteiger partial charge >= 0.3 is 17.8 Å². The number of aliphatic hydroxyl groups excluding tert-OH is 3. The molecule has 1 saturated heterocycles. The number of thioether (sulfide) groups is 2. The quantitative estimate of drug-likeness (QED) is 0.0181. The number of nitrogens with zero attached hydrogens (tertiary/aromatic N) is 1. The van der Waals surface area contributed by atoms with Crippen molar-refractivity contribution in [3.63, 3.8) is 0 Å². The van der Waals surface area contributed by atoms with Gasteiger partial charge in [-0.2, -0.15) is 23.5 Å². The fourth-order valence-electron chi connectivity index (χ4n) is 12.9. The van der Waals surface area contributed by atoms with E-state index in [1.165, 1.54) is 81.7 Å². The summed E-state index contributed by atoms with van der Waals surface area (Å²) in [7, 11) is 1.52. The smallest absolute Gasteiger partial charge is 0.336 e. The van der Waals surface area contributed by atoms with E-state index in [4.69, 9.17) is 12.2 Å². The van der Waals surface area contributed by atoms with Crippen LogP contribution in [0.5, 0.6) is 5.75 Å². The Labute approximate surface area is 680 Å². The highest BCUT2D eigenvalue weighted by atomic mass is 32.2. The summed E-state index contributed by atoms with van der Waals surface area (Å²) in [5, 5.41) is 90.2. The molecule has 1 heterocycles. The van der Waals surface area contributed by atoms with Crippen LogP contribution >= 0.6 is 23.5 Å². The first-order chi connectivity index (χ1) is 54.4. The molecule has 3 rings (SSSR count). The zero-order valence-electron chi connectivity index (χ0n) is 67.3. The van der Waals surface area contributed by atoms with Crippen LogP contribution in [0.3, 0.4) is 0 Å². The van der Waals surface area contributed by atoms with Crippen molar-refractivity contribution < 1.29 is 107 Å². The third-order valence-corrected chi connectivity index (χ3v) is 21.2. The number of carboxylic acid groups (broad SMARTS) is 2. The molecule has 1 aliphatic heterocycles. The van der Waals surface area contributed by atoms with Crippen molar-refractivity contribution in [2.24, 2.45) is 35.3 Å². The lowest BCUT2D eigenvalue weighted by molar-refractivity contribution is -0.838. The Morgan fingerprint density at radius 3 is 1.77 bits per heavy atom. The molecular formula is C78H121N14O21S2+. The number of phenolic OH excluding ortho intramolecular Hbond substituents is 1.